The standard InChI is InChI=1S/C25H35N5O4S/c1-24(2,3)20-15-17(16-21(22(20)31)25(4,5)6)9-7-8-14-30(23(26)32)18-10-12-19(13-11-18)35(33,34)29-28-27/h10-13,15-16,31H,7-9,14H2,1-6H3,(H2,26,32). The fourth-order valence-electron chi connectivity index (χ4n) is 3.84. The van der Waals surface area contributed by atoms with Gasteiger partial charge in [0.05, 0.1) is 4.90 Å². The van der Waals surface area contributed by atoms with Crippen LogP contribution in [0.5, 0.6) is 5.75 Å². The smallest absolute Gasteiger partial charge is 0.319 e. The highest BCUT2D eigenvalue weighted by molar-refractivity contribution is 7.90. The summed E-state index contributed by atoms with van der Waals surface area (Å²) >= 11 is 0. The molecule has 0 fully saturated rings. The number of amides is 2. The third-order valence-corrected chi connectivity index (χ3v) is 6.90. The zero-order valence-electron chi connectivity index (χ0n) is 21.2. The minimum Gasteiger partial charge on any atom is -0.507 e. The summed E-state index contributed by atoms with van der Waals surface area (Å²) < 4.78 is 26.5. The summed E-state index contributed by atoms with van der Waals surface area (Å²) in [7, 11) is -4.10. The maximum absolute atomic E-state index is 12.0. The molecule has 0 aromatic heterocycles. The molecule has 0 saturated heterocycles. The highest BCUT2D eigenvalue weighted by atomic mass is 32.2. The van der Waals surface area contributed by atoms with Gasteiger partial charge in [-0.25, -0.2) is 13.2 Å². The number of benzene rings is 2. The van der Waals surface area contributed by atoms with Crippen molar-refractivity contribution in [3.63, 3.8) is 0 Å². The molecule has 9 nitrogen and oxygen atoms in total. The van der Waals surface area contributed by atoms with E-state index in [-0.39, 0.29) is 15.7 Å². The molecule has 3 N–H and O–H groups in total. The van der Waals surface area contributed by atoms with Crippen molar-refractivity contribution >= 4 is 21.7 Å². The quantitative estimate of drug-likeness (QED) is 0.200. The predicted octanol–water partition coefficient (Wildman–Crippen LogP) is 5.89. The minimum absolute atomic E-state index is 0.167. The molecular formula is C25H35N5O4S. The van der Waals surface area contributed by atoms with Crippen molar-refractivity contribution in [1.29, 1.82) is 0 Å². The highest BCUT2D eigenvalue weighted by Crippen LogP contribution is 2.40. The van der Waals surface area contributed by atoms with Crippen LogP contribution in [0.15, 0.2) is 45.8 Å². The topological polar surface area (TPSA) is 149 Å². The van der Waals surface area contributed by atoms with Crippen LogP contribution in [-0.2, 0) is 27.3 Å². The van der Waals surface area contributed by atoms with Crippen LogP contribution in [0.1, 0.15) is 71.1 Å². The summed E-state index contributed by atoms with van der Waals surface area (Å²) in [6, 6.07) is 8.91. The summed E-state index contributed by atoms with van der Waals surface area (Å²) in [4.78, 5) is 15.6. The van der Waals surface area contributed by atoms with Crippen molar-refractivity contribution in [3.8, 4) is 5.75 Å². The maximum Gasteiger partial charge on any atom is 0.319 e. The Labute approximate surface area is 207 Å². The minimum atomic E-state index is -4.10. The van der Waals surface area contributed by atoms with E-state index in [0.717, 1.165) is 29.5 Å². The molecule has 2 aromatic carbocycles. The number of unbranched alkanes of at least 4 members (excludes halogenated alkanes) is 1. The van der Waals surface area contributed by atoms with E-state index in [4.69, 9.17) is 11.3 Å². The molecule has 0 spiro atoms. The first-order valence-electron chi connectivity index (χ1n) is 11.4. The number of phenolic OH excluding ortho intramolecular Hbond substituents is 1. The Kier molecular flexibility index (Phi) is 8.47. The largest absolute Gasteiger partial charge is 0.507 e. The number of anilines is 1. The number of hydrogen-bond acceptors (Lipinski definition) is 4. The molecule has 0 saturated carbocycles. The molecule has 2 aromatic rings. The lowest BCUT2D eigenvalue weighted by atomic mass is 9.78. The molecule has 0 aliphatic carbocycles. The van der Waals surface area contributed by atoms with Crippen LogP contribution in [0, 0.1) is 0 Å². The lowest BCUT2D eigenvalue weighted by molar-refractivity contribution is 0.253. The van der Waals surface area contributed by atoms with Crippen molar-refractivity contribution in [3.05, 3.63) is 63.5 Å². The van der Waals surface area contributed by atoms with Crippen LogP contribution in [0.3, 0.4) is 0 Å². The molecule has 0 atom stereocenters. The third kappa shape index (κ3) is 7.13. The van der Waals surface area contributed by atoms with E-state index < -0.39 is 16.1 Å². The van der Waals surface area contributed by atoms with E-state index in [9.17, 15) is 18.3 Å². The van der Waals surface area contributed by atoms with Crippen LogP contribution in [0.4, 0.5) is 10.5 Å². The van der Waals surface area contributed by atoms with Gasteiger partial charge in [-0.3, -0.25) is 4.90 Å². The summed E-state index contributed by atoms with van der Waals surface area (Å²) in [6.07, 6.45) is 2.21. The first kappa shape index (κ1) is 28.0. The van der Waals surface area contributed by atoms with Gasteiger partial charge in [0, 0.05) is 21.7 Å². The summed E-state index contributed by atoms with van der Waals surface area (Å²) in [5.74, 6) is 0.347. The maximum atomic E-state index is 12.0. The number of nitrogens with two attached hydrogens (primary N) is 1. The number of rotatable bonds is 8. The Hall–Kier alpha value is -3.23. The number of phenols is 1. The molecule has 0 aliphatic rings. The van der Waals surface area contributed by atoms with Crippen molar-refractivity contribution < 1.29 is 18.3 Å². The lowest BCUT2D eigenvalue weighted by Crippen LogP contribution is -2.36. The van der Waals surface area contributed by atoms with Gasteiger partial charge in [-0.2, -0.15) is 0 Å². The molecule has 190 valence electrons. The Bertz CT molecular complexity index is 1180. The van der Waals surface area contributed by atoms with Gasteiger partial charge in [-0.1, -0.05) is 53.7 Å². The molecule has 2 amide bonds. The Morgan fingerprint density at radius 2 is 1.54 bits per heavy atom. The van der Waals surface area contributed by atoms with E-state index in [1.54, 1.807) is 0 Å². The molecule has 10 heteroatoms. The molecular weight excluding hydrogens is 466 g/mol. The highest BCUT2D eigenvalue weighted by Gasteiger charge is 2.26. The number of urea groups is 1. The number of aromatic hydroxyl groups is 1. The van der Waals surface area contributed by atoms with Gasteiger partial charge in [0.1, 0.15) is 5.75 Å². The van der Waals surface area contributed by atoms with Crippen molar-refractivity contribution in [2.45, 2.75) is 76.5 Å². The average molecular weight is 502 g/mol. The van der Waals surface area contributed by atoms with Gasteiger partial charge in [0.2, 0.25) is 0 Å². The monoisotopic (exact) mass is 501 g/mol. The normalized spacial score (nSPS) is 12.2. The van der Waals surface area contributed by atoms with Crippen LogP contribution in [-0.4, -0.2) is 26.1 Å². The number of aryl methyl sites for hydroxylation is 1. The van der Waals surface area contributed by atoms with E-state index in [0.29, 0.717) is 24.4 Å². The summed E-state index contributed by atoms with van der Waals surface area (Å²) in [5, 5.41) is 10.9. The number of azide groups is 1. The fraction of sp³-hybridized carbons (Fsp3) is 0.480. The van der Waals surface area contributed by atoms with Crippen molar-refractivity contribution in [1.82, 2.24) is 0 Å². The van der Waals surface area contributed by atoms with Gasteiger partial charge < -0.3 is 10.8 Å². The second-order valence-electron chi connectivity index (χ2n) is 10.6. The molecule has 0 bridgehead atoms. The van der Waals surface area contributed by atoms with E-state index >= 15 is 0 Å². The zero-order chi connectivity index (χ0) is 26.6. The van der Waals surface area contributed by atoms with Gasteiger partial charge in [0.15, 0.2) is 0 Å². The number of carbonyl (C=O) groups excluding carboxylic acids is 1. The van der Waals surface area contributed by atoms with Crippen molar-refractivity contribution in [2.75, 3.05) is 11.4 Å². The Morgan fingerprint density at radius 3 is 1.97 bits per heavy atom. The van der Waals surface area contributed by atoms with Crippen LogP contribution in [0.25, 0.3) is 10.4 Å². The lowest BCUT2D eigenvalue weighted by Gasteiger charge is -2.28. The van der Waals surface area contributed by atoms with Crippen LogP contribution >= 0.6 is 0 Å². The first-order valence-corrected chi connectivity index (χ1v) is 12.9. The van der Waals surface area contributed by atoms with Gasteiger partial charge in [-0.05, 0) is 76.6 Å². The van der Waals surface area contributed by atoms with E-state index in [1.807, 2.05) is 0 Å². The second kappa shape index (κ2) is 10.6. The number of primary amides is 1. The van der Waals surface area contributed by atoms with Crippen LogP contribution < -0.4 is 10.6 Å². The van der Waals surface area contributed by atoms with E-state index in [1.165, 1.54) is 29.2 Å². The van der Waals surface area contributed by atoms with Crippen LogP contribution in [0.2, 0.25) is 0 Å². The predicted molar refractivity (Wildman–Crippen MR) is 138 cm³/mol. The SMILES string of the molecule is CC(C)(C)c1cc(CCCCN(C(N)=O)c2ccc(S(=O)(=O)N=[N+]=[N-])cc2)cc(C(C)(C)C)c1O. The summed E-state index contributed by atoms with van der Waals surface area (Å²) in [5.41, 5.74) is 16.9. The summed E-state index contributed by atoms with van der Waals surface area (Å²) in [6.45, 7) is 12.8. The zero-order valence-corrected chi connectivity index (χ0v) is 22.1. The number of hydrogen-bond donors (Lipinski definition) is 2. The Balaban J connectivity index is 2.16. The average Bonchev–Trinajstić information content (AvgIpc) is 2.72. The Morgan fingerprint density at radius 1 is 1.03 bits per heavy atom. The third-order valence-electron chi connectivity index (χ3n) is 5.74. The van der Waals surface area contributed by atoms with Gasteiger partial charge in [0.25, 0.3) is 10.0 Å². The second-order valence-corrected chi connectivity index (χ2v) is 12.2. The van der Waals surface area contributed by atoms with Crippen molar-refractivity contribution in [2.24, 2.45) is 10.3 Å². The molecule has 0 radical (unpaired) electrons. The number of nitrogens with zero attached hydrogens (tertiary/aromatic N) is 4. The van der Waals surface area contributed by atoms with Gasteiger partial charge >= 0.3 is 6.03 Å². The molecule has 35 heavy (non-hydrogen) atoms. The van der Waals surface area contributed by atoms with E-state index in [2.05, 4.69) is 63.1 Å². The molecule has 0 unspecified atom stereocenters. The molecule has 2 rings (SSSR count). The number of sulfonamides is 1. The van der Waals surface area contributed by atoms with Gasteiger partial charge in [-0.15, -0.1) is 0 Å². The molecule has 0 aliphatic heterocycles. The number of carbonyl (C=O) groups is 1. The fourth-order valence-corrected chi connectivity index (χ4v) is 4.51. The molecule has 0 heterocycles. The first-order chi connectivity index (χ1) is 16.1.